The van der Waals surface area contributed by atoms with Crippen molar-refractivity contribution >= 4 is 34.7 Å². The van der Waals surface area contributed by atoms with Crippen molar-refractivity contribution in [3.8, 4) is 0 Å². The molecule has 0 fully saturated rings. The number of rotatable bonds is 4. The maximum atomic E-state index is 12.9. The summed E-state index contributed by atoms with van der Waals surface area (Å²) in [6.07, 6.45) is -3.16. The normalized spacial score (nSPS) is 14.8. The summed E-state index contributed by atoms with van der Waals surface area (Å²) < 4.78 is 38.8. The number of hydrogen-bond acceptors (Lipinski definition) is 4. The van der Waals surface area contributed by atoms with E-state index in [-0.39, 0.29) is 29.6 Å². The fourth-order valence-electron chi connectivity index (χ4n) is 2.04. The Labute approximate surface area is 135 Å². The summed E-state index contributed by atoms with van der Waals surface area (Å²) in [5, 5.41) is 5.51. The first-order valence-electron chi connectivity index (χ1n) is 6.87. The number of halogens is 4. The second kappa shape index (κ2) is 6.99. The molecule has 9 heteroatoms. The van der Waals surface area contributed by atoms with Gasteiger partial charge in [-0.2, -0.15) is 13.2 Å². The van der Waals surface area contributed by atoms with Crippen LogP contribution in [0.3, 0.4) is 0 Å². The van der Waals surface area contributed by atoms with E-state index in [0.29, 0.717) is 6.54 Å². The lowest BCUT2D eigenvalue weighted by molar-refractivity contribution is -0.113. The van der Waals surface area contributed by atoms with E-state index < -0.39 is 23.4 Å². The molecule has 5 nitrogen and oxygen atoms in total. The number of nitrogens with one attached hydrogen (secondary N) is 2. The van der Waals surface area contributed by atoms with E-state index in [2.05, 4.69) is 20.6 Å². The van der Waals surface area contributed by atoms with Crippen LogP contribution in [0, 0.1) is 0 Å². The fraction of sp³-hybridized carbons (Fsp3) is 0.357. The topological polar surface area (TPSA) is 66.4 Å². The molecule has 124 valence electrons. The first kappa shape index (κ1) is 17.3. The minimum atomic E-state index is -4.67. The summed E-state index contributed by atoms with van der Waals surface area (Å²) >= 11 is 5.78. The molecule has 0 unspecified atom stereocenters. The van der Waals surface area contributed by atoms with Crippen molar-refractivity contribution in [1.82, 2.24) is 4.98 Å². The smallest absolute Gasteiger partial charge is 0.369 e. The molecule has 0 bridgehead atoms. The van der Waals surface area contributed by atoms with E-state index in [4.69, 9.17) is 11.6 Å². The van der Waals surface area contributed by atoms with Crippen LogP contribution in [0.1, 0.15) is 13.3 Å². The Morgan fingerprint density at radius 3 is 2.78 bits per heavy atom. The minimum absolute atomic E-state index is 0.0107. The quantitative estimate of drug-likeness (QED) is 0.821. The number of hydrogen-bond donors (Lipinski definition) is 2. The maximum absolute atomic E-state index is 12.9. The minimum Gasteiger partial charge on any atom is -0.369 e. The van der Waals surface area contributed by atoms with Crippen molar-refractivity contribution in [3.63, 3.8) is 0 Å². The highest BCUT2D eigenvalue weighted by atomic mass is 35.5. The van der Waals surface area contributed by atoms with E-state index in [9.17, 15) is 18.0 Å². The van der Waals surface area contributed by atoms with E-state index in [0.717, 1.165) is 0 Å². The Balaban J connectivity index is 2.25. The van der Waals surface area contributed by atoms with Crippen molar-refractivity contribution < 1.29 is 18.0 Å². The summed E-state index contributed by atoms with van der Waals surface area (Å²) in [6, 6.07) is 2.91. The second-order valence-electron chi connectivity index (χ2n) is 4.65. The van der Waals surface area contributed by atoms with E-state index in [1.54, 1.807) is 0 Å². The molecule has 1 aliphatic heterocycles. The highest BCUT2D eigenvalue weighted by molar-refractivity contribution is 6.30. The van der Waals surface area contributed by atoms with Gasteiger partial charge in [0, 0.05) is 13.1 Å². The Hall–Kier alpha value is -2.09. The Kier molecular flexibility index (Phi) is 5.25. The third-order valence-electron chi connectivity index (χ3n) is 2.97. The van der Waals surface area contributed by atoms with Crippen molar-refractivity contribution in [2.24, 2.45) is 4.99 Å². The number of carbonyl (C=O) groups is 1. The van der Waals surface area contributed by atoms with E-state index >= 15 is 0 Å². The molecule has 2 N–H and O–H groups in total. The van der Waals surface area contributed by atoms with Gasteiger partial charge in [-0.05, 0) is 25.5 Å². The van der Waals surface area contributed by atoms with Crippen molar-refractivity contribution in [3.05, 3.63) is 28.9 Å². The number of aromatic nitrogens is 1. The van der Waals surface area contributed by atoms with Crippen LogP contribution in [0.15, 0.2) is 28.8 Å². The molecule has 0 saturated carbocycles. The number of carbonyl (C=O) groups excluding carboxylic acids is 1. The van der Waals surface area contributed by atoms with Crippen LogP contribution in [-0.4, -0.2) is 35.9 Å². The molecule has 1 aliphatic rings. The molecule has 0 atom stereocenters. The number of aliphatic imine (C=N–C) groups is 1. The fourth-order valence-corrected chi connectivity index (χ4v) is 2.19. The third kappa shape index (κ3) is 4.22. The lowest BCUT2D eigenvalue weighted by Gasteiger charge is -2.18. The Morgan fingerprint density at radius 2 is 2.13 bits per heavy atom. The van der Waals surface area contributed by atoms with Gasteiger partial charge < -0.3 is 10.6 Å². The number of pyridine rings is 1. The molecule has 2 heterocycles. The molecule has 1 aromatic rings. The molecular formula is C14H14ClF3N4O. The summed E-state index contributed by atoms with van der Waals surface area (Å²) in [7, 11) is 0. The first-order chi connectivity index (χ1) is 10.8. The molecular weight excluding hydrogens is 333 g/mol. The van der Waals surface area contributed by atoms with Crippen molar-refractivity contribution in [2.75, 3.05) is 23.7 Å². The van der Waals surface area contributed by atoms with Gasteiger partial charge in [-0.25, -0.2) is 4.98 Å². The van der Waals surface area contributed by atoms with Crippen molar-refractivity contribution in [2.45, 2.75) is 19.5 Å². The standard InChI is InChI=1S/C14H14ClF3N4O/c1-2-19-12-9(5-6-10(15)22-12)21-13(23)8-4-3-7-20-11(8)14(16,17)18/h4-6H,2-3,7H2,1H3,(H,19,22)(H,21,23). The van der Waals surface area contributed by atoms with Crippen LogP contribution in [0.5, 0.6) is 0 Å². The summed E-state index contributed by atoms with van der Waals surface area (Å²) in [5.41, 5.74) is -1.40. The van der Waals surface area contributed by atoms with Gasteiger partial charge in [-0.3, -0.25) is 9.79 Å². The number of dihydropyridines is 1. The summed E-state index contributed by atoms with van der Waals surface area (Å²) in [6.45, 7) is 2.33. The highest BCUT2D eigenvalue weighted by Crippen LogP contribution is 2.27. The van der Waals surface area contributed by atoms with Gasteiger partial charge in [0.25, 0.3) is 5.91 Å². The lowest BCUT2D eigenvalue weighted by Crippen LogP contribution is -2.33. The highest BCUT2D eigenvalue weighted by Gasteiger charge is 2.41. The number of nitrogens with zero attached hydrogens (tertiary/aromatic N) is 2. The van der Waals surface area contributed by atoms with Gasteiger partial charge in [0.05, 0.1) is 11.3 Å². The largest absolute Gasteiger partial charge is 0.433 e. The molecule has 2 rings (SSSR count). The van der Waals surface area contributed by atoms with Crippen molar-refractivity contribution in [1.29, 1.82) is 0 Å². The molecule has 23 heavy (non-hydrogen) atoms. The average molecular weight is 347 g/mol. The predicted octanol–water partition coefficient (Wildman–Crippen LogP) is 3.44. The zero-order valence-corrected chi connectivity index (χ0v) is 12.9. The predicted molar refractivity (Wildman–Crippen MR) is 83.1 cm³/mol. The van der Waals surface area contributed by atoms with Gasteiger partial charge in [0.2, 0.25) is 0 Å². The van der Waals surface area contributed by atoms with Crippen LogP contribution in [0.25, 0.3) is 0 Å². The monoisotopic (exact) mass is 346 g/mol. The Bertz CT molecular complexity index is 670. The molecule has 0 spiro atoms. The van der Waals surface area contributed by atoms with E-state index in [1.807, 2.05) is 6.92 Å². The zero-order valence-electron chi connectivity index (χ0n) is 12.2. The van der Waals surface area contributed by atoms with E-state index in [1.165, 1.54) is 18.2 Å². The van der Waals surface area contributed by atoms with Gasteiger partial charge in [-0.15, -0.1) is 0 Å². The Morgan fingerprint density at radius 1 is 1.39 bits per heavy atom. The zero-order chi connectivity index (χ0) is 17.0. The third-order valence-corrected chi connectivity index (χ3v) is 3.18. The second-order valence-corrected chi connectivity index (χ2v) is 5.04. The molecule has 0 aliphatic carbocycles. The maximum Gasteiger partial charge on any atom is 0.433 e. The molecule has 0 radical (unpaired) electrons. The average Bonchev–Trinajstić information content (AvgIpc) is 2.49. The molecule has 1 aromatic heterocycles. The molecule has 1 amide bonds. The van der Waals surface area contributed by atoms with Gasteiger partial charge in [0.15, 0.2) is 11.5 Å². The number of anilines is 2. The molecule has 0 saturated heterocycles. The lowest BCUT2D eigenvalue weighted by atomic mass is 10.0. The van der Waals surface area contributed by atoms with Gasteiger partial charge >= 0.3 is 6.18 Å². The van der Waals surface area contributed by atoms with Gasteiger partial charge in [-0.1, -0.05) is 17.7 Å². The van der Waals surface area contributed by atoms with Crippen LogP contribution in [0.2, 0.25) is 5.15 Å². The van der Waals surface area contributed by atoms with Crippen LogP contribution in [-0.2, 0) is 4.79 Å². The molecule has 0 aromatic carbocycles. The summed E-state index contributed by atoms with van der Waals surface area (Å²) in [4.78, 5) is 19.6. The first-order valence-corrected chi connectivity index (χ1v) is 7.24. The van der Waals surface area contributed by atoms with Crippen LogP contribution >= 0.6 is 11.6 Å². The SMILES string of the molecule is CCNc1nc(Cl)ccc1NC(=O)C1=CCCN=C1C(F)(F)F. The van der Waals surface area contributed by atoms with Gasteiger partial charge in [0.1, 0.15) is 5.15 Å². The summed E-state index contributed by atoms with van der Waals surface area (Å²) in [5.74, 6) is -0.598. The van der Waals surface area contributed by atoms with Crippen LogP contribution < -0.4 is 10.6 Å². The number of amides is 1. The van der Waals surface area contributed by atoms with Crippen LogP contribution in [0.4, 0.5) is 24.7 Å². The number of alkyl halides is 3.